The van der Waals surface area contributed by atoms with Crippen LogP contribution < -0.4 is 9.31 Å². The summed E-state index contributed by atoms with van der Waals surface area (Å²) in [7, 11) is 1.26. The second kappa shape index (κ2) is 7.32. The third-order valence-electron chi connectivity index (χ3n) is 3.65. The Morgan fingerprint density at radius 2 is 1.07 bits per heavy atom. The van der Waals surface area contributed by atoms with E-state index in [0.29, 0.717) is 34.9 Å². The molecule has 9 heteroatoms. The highest BCUT2D eigenvalue weighted by molar-refractivity contribution is 6.20. The molecule has 2 aromatic carbocycles. The molecular weight excluding hydrogens is 347 g/mol. The maximum Gasteiger partial charge on any atom is 0.658 e. The molecule has 0 bridgehead atoms. The predicted molar refractivity (Wildman–Crippen MR) is 96.0 cm³/mol. The molecule has 0 spiro atoms. The van der Waals surface area contributed by atoms with Gasteiger partial charge in [-0.25, -0.2) is 0 Å². The highest BCUT2D eigenvalue weighted by Crippen LogP contribution is 2.21. The molecule has 0 saturated heterocycles. The Labute approximate surface area is 155 Å². The fraction of sp³-hybridized carbons (Fsp3) is 0.111. The molecule has 0 aliphatic carbocycles. The fourth-order valence-electron chi connectivity index (χ4n) is 2.33. The summed E-state index contributed by atoms with van der Waals surface area (Å²) in [6.45, 7) is 3.49. The molecule has 2 heterocycles. The highest BCUT2D eigenvalue weighted by Gasteiger charge is 2.08. The van der Waals surface area contributed by atoms with Crippen LogP contribution in [0.5, 0.6) is 11.5 Å². The lowest BCUT2D eigenvalue weighted by Gasteiger charge is -2.07. The van der Waals surface area contributed by atoms with Crippen molar-refractivity contribution in [2.75, 3.05) is 0 Å². The first-order valence-electron chi connectivity index (χ1n) is 8.14. The van der Waals surface area contributed by atoms with Gasteiger partial charge in [0.05, 0.1) is 0 Å². The Morgan fingerprint density at radius 1 is 0.667 bits per heavy atom. The molecule has 8 nitrogen and oxygen atoms in total. The number of aryl methyl sites for hydroxylation is 2. The maximum absolute atomic E-state index is 5.47. The number of rotatable bonds is 6. The SMILES string of the molecule is Cc1nc(-c2ccc(O[B]Oc3ccc(-c4noc(C)n4)cc3)cc2)no1. The molecule has 4 aromatic rings. The van der Waals surface area contributed by atoms with Crippen LogP contribution in [-0.2, 0) is 0 Å². The van der Waals surface area contributed by atoms with E-state index in [4.69, 9.17) is 18.4 Å². The van der Waals surface area contributed by atoms with Crippen molar-refractivity contribution >= 4 is 7.69 Å². The lowest BCUT2D eigenvalue weighted by Crippen LogP contribution is -2.10. The maximum atomic E-state index is 5.47. The summed E-state index contributed by atoms with van der Waals surface area (Å²) >= 11 is 0. The Balaban J connectivity index is 1.31. The van der Waals surface area contributed by atoms with Crippen LogP contribution in [-0.4, -0.2) is 28.0 Å². The molecule has 0 atom stereocenters. The van der Waals surface area contributed by atoms with Gasteiger partial charge in [-0.2, -0.15) is 9.97 Å². The Hall–Kier alpha value is -3.62. The van der Waals surface area contributed by atoms with E-state index in [1.54, 1.807) is 38.1 Å². The molecule has 0 amide bonds. The normalized spacial score (nSPS) is 10.6. The minimum Gasteiger partial charge on any atom is -0.526 e. The Morgan fingerprint density at radius 3 is 1.41 bits per heavy atom. The first-order valence-corrected chi connectivity index (χ1v) is 8.14. The van der Waals surface area contributed by atoms with Gasteiger partial charge in [0.25, 0.3) is 0 Å². The van der Waals surface area contributed by atoms with Gasteiger partial charge in [-0.3, -0.25) is 0 Å². The first kappa shape index (κ1) is 16.8. The van der Waals surface area contributed by atoms with Crippen molar-refractivity contribution in [1.29, 1.82) is 0 Å². The number of aromatic nitrogens is 4. The van der Waals surface area contributed by atoms with E-state index in [1.807, 2.05) is 24.3 Å². The van der Waals surface area contributed by atoms with Crippen LogP contribution in [0.2, 0.25) is 0 Å². The van der Waals surface area contributed by atoms with Crippen molar-refractivity contribution in [2.24, 2.45) is 0 Å². The summed E-state index contributed by atoms with van der Waals surface area (Å²) in [6.07, 6.45) is 0. The largest absolute Gasteiger partial charge is 0.658 e. The van der Waals surface area contributed by atoms with Crippen LogP contribution in [0.3, 0.4) is 0 Å². The van der Waals surface area contributed by atoms with Crippen LogP contribution in [0.1, 0.15) is 11.8 Å². The third-order valence-corrected chi connectivity index (χ3v) is 3.65. The zero-order valence-corrected chi connectivity index (χ0v) is 14.6. The topological polar surface area (TPSA) is 96.3 Å². The minimum atomic E-state index is 0.521. The molecule has 1 radical (unpaired) electrons. The van der Waals surface area contributed by atoms with Gasteiger partial charge in [-0.05, 0) is 48.5 Å². The molecular formula is C18H14BN4O4. The summed E-state index contributed by atoms with van der Waals surface area (Å²) in [5, 5.41) is 7.75. The zero-order valence-electron chi connectivity index (χ0n) is 14.6. The van der Waals surface area contributed by atoms with Gasteiger partial charge >= 0.3 is 7.69 Å². The molecule has 2 aromatic heterocycles. The van der Waals surface area contributed by atoms with Crippen LogP contribution >= 0.6 is 0 Å². The number of benzene rings is 2. The number of nitrogens with zero attached hydrogens (tertiary/aromatic N) is 4. The van der Waals surface area contributed by atoms with E-state index < -0.39 is 0 Å². The van der Waals surface area contributed by atoms with Crippen molar-refractivity contribution in [3.8, 4) is 34.3 Å². The van der Waals surface area contributed by atoms with E-state index in [1.165, 1.54) is 7.69 Å². The van der Waals surface area contributed by atoms with E-state index >= 15 is 0 Å². The van der Waals surface area contributed by atoms with E-state index in [-0.39, 0.29) is 0 Å². The summed E-state index contributed by atoms with van der Waals surface area (Å²) < 4.78 is 20.9. The van der Waals surface area contributed by atoms with Crippen LogP contribution in [0.4, 0.5) is 0 Å². The van der Waals surface area contributed by atoms with Crippen molar-refractivity contribution in [3.63, 3.8) is 0 Å². The van der Waals surface area contributed by atoms with Crippen molar-refractivity contribution in [3.05, 3.63) is 60.3 Å². The quantitative estimate of drug-likeness (QED) is 0.482. The van der Waals surface area contributed by atoms with Crippen LogP contribution in [0.25, 0.3) is 22.8 Å². The molecule has 0 unspecified atom stereocenters. The van der Waals surface area contributed by atoms with E-state index in [2.05, 4.69) is 20.3 Å². The first-order chi connectivity index (χ1) is 13.2. The summed E-state index contributed by atoms with van der Waals surface area (Å²) in [6, 6.07) is 14.5. The van der Waals surface area contributed by atoms with E-state index in [9.17, 15) is 0 Å². The molecule has 0 N–H and O–H groups in total. The van der Waals surface area contributed by atoms with Crippen molar-refractivity contribution in [1.82, 2.24) is 20.3 Å². The summed E-state index contributed by atoms with van der Waals surface area (Å²) in [5.74, 6) is 3.36. The van der Waals surface area contributed by atoms with E-state index in [0.717, 1.165) is 11.1 Å². The van der Waals surface area contributed by atoms with Crippen LogP contribution in [0, 0.1) is 13.8 Å². The van der Waals surface area contributed by atoms with Gasteiger partial charge in [0.15, 0.2) is 0 Å². The average molecular weight is 361 g/mol. The van der Waals surface area contributed by atoms with Gasteiger partial charge in [0.1, 0.15) is 11.5 Å². The molecule has 0 aliphatic rings. The lowest BCUT2D eigenvalue weighted by atomic mass is 10.2. The molecule has 0 saturated carbocycles. The van der Waals surface area contributed by atoms with Crippen molar-refractivity contribution in [2.45, 2.75) is 13.8 Å². The second-order valence-electron chi connectivity index (χ2n) is 5.65. The van der Waals surface area contributed by atoms with Gasteiger partial charge in [-0.1, -0.05) is 10.3 Å². The Bertz CT molecular complexity index is 944. The minimum absolute atomic E-state index is 0.521. The monoisotopic (exact) mass is 361 g/mol. The van der Waals surface area contributed by atoms with Gasteiger partial charge in [-0.15, -0.1) is 0 Å². The number of hydrogen-bond acceptors (Lipinski definition) is 8. The third kappa shape index (κ3) is 3.97. The zero-order chi connectivity index (χ0) is 18.6. The second-order valence-corrected chi connectivity index (χ2v) is 5.65. The summed E-state index contributed by atoms with van der Waals surface area (Å²) in [5.41, 5.74) is 1.68. The molecule has 27 heavy (non-hydrogen) atoms. The average Bonchev–Trinajstić information content (AvgIpc) is 3.31. The lowest BCUT2D eigenvalue weighted by molar-refractivity contribution is 0.394. The van der Waals surface area contributed by atoms with Crippen molar-refractivity contribution < 1.29 is 18.4 Å². The van der Waals surface area contributed by atoms with Gasteiger partial charge < -0.3 is 18.4 Å². The van der Waals surface area contributed by atoms with Crippen LogP contribution in [0.15, 0.2) is 57.6 Å². The summed E-state index contributed by atoms with van der Waals surface area (Å²) in [4.78, 5) is 8.35. The predicted octanol–water partition coefficient (Wildman–Crippen LogP) is 3.40. The smallest absolute Gasteiger partial charge is 0.526 e. The molecule has 0 fully saturated rings. The number of hydrogen-bond donors (Lipinski definition) is 0. The standard InChI is InChI=1S/C18H14BN4O4/c1-11-20-17(22-26-11)13-3-7-15(8-4-13)24-19-25-16-9-5-14(6-10-16)18-21-12(2)27-23-18/h3-10H,1-2H3. The fourth-order valence-corrected chi connectivity index (χ4v) is 2.33. The van der Waals surface area contributed by atoms with Gasteiger partial charge in [0.2, 0.25) is 23.4 Å². The Kier molecular flexibility index (Phi) is 4.57. The van der Waals surface area contributed by atoms with Gasteiger partial charge in [0, 0.05) is 25.0 Å². The molecule has 4 rings (SSSR count). The molecule has 0 aliphatic heterocycles. The molecule has 133 valence electrons. The highest BCUT2D eigenvalue weighted by atomic mass is 16.6.